The number of nitro groups is 1. The molecular formula is C32H24N6O2. The van der Waals surface area contributed by atoms with Gasteiger partial charge in [0.2, 0.25) is 5.82 Å². The number of hydrogen-bond donors (Lipinski definition) is 0. The Morgan fingerprint density at radius 1 is 0.725 bits per heavy atom. The molecule has 2 heterocycles. The topological polar surface area (TPSA) is 99.6 Å². The van der Waals surface area contributed by atoms with E-state index < -0.39 is 10.5 Å². The average molecular weight is 525 g/mol. The van der Waals surface area contributed by atoms with Crippen LogP contribution in [0.5, 0.6) is 0 Å². The highest BCUT2D eigenvalue weighted by Crippen LogP contribution is 2.40. The molecule has 6 aromatic rings. The van der Waals surface area contributed by atoms with Crippen molar-refractivity contribution in [3.05, 3.63) is 160 Å². The predicted octanol–water partition coefficient (Wildman–Crippen LogP) is 6.46. The van der Waals surface area contributed by atoms with Gasteiger partial charge in [-0.3, -0.25) is 15.1 Å². The number of benzene rings is 4. The maximum Gasteiger partial charge on any atom is 0.270 e. The summed E-state index contributed by atoms with van der Waals surface area (Å²) >= 11 is 0. The Bertz CT molecular complexity index is 1670. The van der Waals surface area contributed by atoms with Crippen molar-refractivity contribution in [3.8, 4) is 22.5 Å². The lowest BCUT2D eigenvalue weighted by atomic mass is 9.77. The number of tetrazole rings is 1. The van der Waals surface area contributed by atoms with Crippen molar-refractivity contribution >= 4 is 5.69 Å². The van der Waals surface area contributed by atoms with E-state index in [9.17, 15) is 10.1 Å². The Morgan fingerprint density at radius 3 is 1.80 bits per heavy atom. The maximum atomic E-state index is 11.7. The molecule has 0 spiro atoms. The summed E-state index contributed by atoms with van der Waals surface area (Å²) in [6.07, 6.45) is 1.74. The molecule has 0 aliphatic heterocycles. The molecule has 2 aromatic heterocycles. The number of nitro benzene ring substituents is 1. The number of pyridine rings is 1. The van der Waals surface area contributed by atoms with E-state index in [2.05, 4.69) is 15.3 Å². The van der Waals surface area contributed by atoms with Crippen LogP contribution in [-0.4, -0.2) is 30.1 Å². The summed E-state index contributed by atoms with van der Waals surface area (Å²) in [6, 6.07) is 38.6. The van der Waals surface area contributed by atoms with Gasteiger partial charge in [-0.05, 0) is 46.5 Å². The molecule has 0 unspecified atom stereocenters. The van der Waals surface area contributed by atoms with E-state index in [0.29, 0.717) is 5.56 Å². The van der Waals surface area contributed by atoms with Crippen molar-refractivity contribution < 1.29 is 4.92 Å². The molecule has 0 aliphatic carbocycles. The first-order valence-corrected chi connectivity index (χ1v) is 12.8. The van der Waals surface area contributed by atoms with E-state index >= 15 is 0 Å². The fourth-order valence-electron chi connectivity index (χ4n) is 5.06. The lowest BCUT2D eigenvalue weighted by molar-refractivity contribution is -0.384. The highest BCUT2D eigenvalue weighted by molar-refractivity contribution is 5.81. The van der Waals surface area contributed by atoms with E-state index in [4.69, 9.17) is 5.10 Å². The molecular weight excluding hydrogens is 500 g/mol. The van der Waals surface area contributed by atoms with Crippen molar-refractivity contribution in [2.75, 3.05) is 0 Å². The van der Waals surface area contributed by atoms with Crippen LogP contribution in [0.1, 0.15) is 22.4 Å². The number of non-ortho nitro benzene ring substituents is 1. The fourth-order valence-corrected chi connectivity index (χ4v) is 5.06. The third-order valence-electron chi connectivity index (χ3n) is 6.97. The zero-order valence-electron chi connectivity index (χ0n) is 21.6. The van der Waals surface area contributed by atoms with Crippen LogP contribution in [0.4, 0.5) is 5.69 Å². The van der Waals surface area contributed by atoms with Crippen LogP contribution in [0.3, 0.4) is 0 Å². The van der Waals surface area contributed by atoms with Gasteiger partial charge in [-0.15, -0.1) is 15.0 Å². The maximum absolute atomic E-state index is 11.7. The highest BCUT2D eigenvalue weighted by atomic mass is 16.6. The molecule has 194 valence electrons. The molecule has 8 nitrogen and oxygen atoms in total. The quantitative estimate of drug-likeness (QED) is 0.135. The Labute approximate surface area is 230 Å². The number of hydrogen-bond acceptors (Lipinski definition) is 6. The van der Waals surface area contributed by atoms with Crippen molar-refractivity contribution in [2.45, 2.75) is 12.5 Å². The van der Waals surface area contributed by atoms with Gasteiger partial charge in [0.25, 0.3) is 5.69 Å². The van der Waals surface area contributed by atoms with Crippen LogP contribution in [0.2, 0.25) is 0 Å². The van der Waals surface area contributed by atoms with Gasteiger partial charge in [0.1, 0.15) is 0 Å². The molecule has 0 fully saturated rings. The Kier molecular flexibility index (Phi) is 6.41. The number of aromatic nitrogens is 5. The van der Waals surface area contributed by atoms with E-state index in [1.807, 2.05) is 110 Å². The predicted molar refractivity (Wildman–Crippen MR) is 152 cm³/mol. The summed E-state index contributed by atoms with van der Waals surface area (Å²) in [5.41, 5.74) is 4.70. The van der Waals surface area contributed by atoms with Crippen molar-refractivity contribution in [1.82, 2.24) is 25.2 Å². The molecule has 0 saturated heterocycles. The van der Waals surface area contributed by atoms with E-state index in [1.165, 1.54) is 12.1 Å². The van der Waals surface area contributed by atoms with Crippen LogP contribution in [0.25, 0.3) is 22.5 Å². The standard InChI is InChI=1S/C32H24N6O2/c1-23-17-18-24(22-33-23)29-20-19-28(37(39)40)21-30(29)31-34-36-38(35-31)32(25-11-5-2-6-12-25,26-13-7-3-8-14-26)27-15-9-4-10-16-27/h2-22H,1H3. The lowest BCUT2D eigenvalue weighted by Crippen LogP contribution is -2.39. The first-order chi connectivity index (χ1) is 19.6. The Morgan fingerprint density at radius 2 is 1.30 bits per heavy atom. The van der Waals surface area contributed by atoms with Crippen molar-refractivity contribution in [3.63, 3.8) is 0 Å². The van der Waals surface area contributed by atoms with Crippen LogP contribution >= 0.6 is 0 Å². The van der Waals surface area contributed by atoms with E-state index in [1.54, 1.807) is 17.1 Å². The first kappa shape index (κ1) is 24.8. The average Bonchev–Trinajstić information content (AvgIpc) is 3.50. The van der Waals surface area contributed by atoms with Crippen molar-refractivity contribution in [1.29, 1.82) is 0 Å². The molecule has 0 saturated carbocycles. The molecule has 4 aromatic carbocycles. The highest BCUT2D eigenvalue weighted by Gasteiger charge is 2.41. The van der Waals surface area contributed by atoms with Gasteiger partial charge in [-0.25, -0.2) is 0 Å². The number of nitrogens with zero attached hydrogens (tertiary/aromatic N) is 6. The summed E-state index contributed by atoms with van der Waals surface area (Å²) in [4.78, 5) is 17.3. The third-order valence-corrected chi connectivity index (χ3v) is 6.97. The molecule has 8 heteroatoms. The number of rotatable bonds is 7. The Hall–Kier alpha value is -5.50. The van der Waals surface area contributed by atoms with Crippen LogP contribution in [-0.2, 0) is 5.54 Å². The second kappa shape index (κ2) is 10.3. The summed E-state index contributed by atoms with van der Waals surface area (Å²) in [5.74, 6) is 0.270. The van der Waals surface area contributed by atoms with Gasteiger partial charge in [-0.1, -0.05) is 97.1 Å². The van der Waals surface area contributed by atoms with Gasteiger partial charge in [0, 0.05) is 35.2 Å². The zero-order chi connectivity index (χ0) is 27.5. The summed E-state index contributed by atoms with van der Waals surface area (Å²) in [6.45, 7) is 1.91. The summed E-state index contributed by atoms with van der Waals surface area (Å²) < 4.78 is 0. The second-order valence-electron chi connectivity index (χ2n) is 9.39. The molecule has 0 radical (unpaired) electrons. The first-order valence-electron chi connectivity index (χ1n) is 12.8. The molecule has 6 rings (SSSR count). The largest absolute Gasteiger partial charge is 0.270 e. The van der Waals surface area contributed by atoms with Crippen molar-refractivity contribution in [2.24, 2.45) is 0 Å². The molecule has 0 atom stereocenters. The third kappa shape index (κ3) is 4.31. The summed E-state index contributed by atoms with van der Waals surface area (Å²) in [7, 11) is 0. The fraction of sp³-hybridized carbons (Fsp3) is 0.0625. The van der Waals surface area contributed by atoms with E-state index in [0.717, 1.165) is 33.5 Å². The summed E-state index contributed by atoms with van der Waals surface area (Å²) in [5, 5.41) is 25.7. The molecule has 0 amide bonds. The van der Waals surface area contributed by atoms with E-state index in [-0.39, 0.29) is 11.5 Å². The molecule has 0 aliphatic rings. The molecule has 0 N–H and O–H groups in total. The normalized spacial score (nSPS) is 11.3. The van der Waals surface area contributed by atoms with Crippen LogP contribution in [0, 0.1) is 17.0 Å². The van der Waals surface area contributed by atoms with Gasteiger partial charge in [-0.2, -0.15) is 0 Å². The minimum absolute atomic E-state index is 0.0596. The number of aryl methyl sites for hydroxylation is 1. The Balaban J connectivity index is 1.62. The molecule has 0 bridgehead atoms. The smallest absolute Gasteiger partial charge is 0.261 e. The van der Waals surface area contributed by atoms with Crippen LogP contribution < -0.4 is 0 Å². The minimum Gasteiger partial charge on any atom is -0.261 e. The zero-order valence-corrected chi connectivity index (χ0v) is 21.6. The SMILES string of the molecule is Cc1ccc(-c2ccc([N+](=O)[O-])cc2-c2nnn(C(c3ccccc3)(c3ccccc3)c3ccccc3)n2)cn1. The van der Waals surface area contributed by atoms with Gasteiger partial charge < -0.3 is 0 Å². The minimum atomic E-state index is -0.957. The van der Waals surface area contributed by atoms with Gasteiger partial charge >= 0.3 is 0 Å². The van der Waals surface area contributed by atoms with Crippen LogP contribution in [0.15, 0.2) is 128 Å². The lowest BCUT2D eigenvalue weighted by Gasteiger charge is -2.34. The second-order valence-corrected chi connectivity index (χ2v) is 9.39. The van der Waals surface area contributed by atoms with Gasteiger partial charge in [0.15, 0.2) is 5.54 Å². The molecule has 40 heavy (non-hydrogen) atoms. The van der Waals surface area contributed by atoms with Gasteiger partial charge in [0.05, 0.1) is 4.92 Å². The monoisotopic (exact) mass is 524 g/mol.